The van der Waals surface area contributed by atoms with E-state index in [0.29, 0.717) is 36.8 Å². The van der Waals surface area contributed by atoms with E-state index in [1.807, 2.05) is 37.3 Å². The van der Waals surface area contributed by atoms with E-state index in [9.17, 15) is 4.79 Å². The number of fused-ring (bicyclic) bond motifs is 1. The molecule has 0 spiro atoms. The lowest BCUT2D eigenvalue weighted by atomic mass is 10.1. The minimum absolute atomic E-state index is 0.157. The summed E-state index contributed by atoms with van der Waals surface area (Å²) in [6.07, 6.45) is 0.702. The minimum Gasteiger partial charge on any atom is -0.363 e. The number of amides is 1. The molecule has 0 fully saturated rings. The Kier molecular flexibility index (Phi) is 4.10. The lowest BCUT2D eigenvalue weighted by Crippen LogP contribution is -2.34. The van der Waals surface area contributed by atoms with Gasteiger partial charge in [-0.15, -0.1) is 10.2 Å². The Hall–Kier alpha value is -2.87. The van der Waals surface area contributed by atoms with Crippen LogP contribution >= 0.6 is 11.3 Å². The largest absolute Gasteiger partial charge is 0.363 e. The lowest BCUT2D eigenvalue weighted by Gasteiger charge is -2.19. The predicted molar refractivity (Wildman–Crippen MR) is 95.5 cm³/mol. The quantitative estimate of drug-likeness (QED) is 0.748. The number of aryl methyl sites for hydroxylation is 1. The number of carbonyl (C=O) groups excluding carboxylic acids is 1. The van der Waals surface area contributed by atoms with Gasteiger partial charge in [-0.2, -0.15) is 0 Å². The number of carbonyl (C=O) groups is 1. The zero-order chi connectivity index (χ0) is 17.2. The lowest BCUT2D eigenvalue weighted by molar-refractivity contribution is 0.0940. The molecular formula is C17H16N6OS. The molecule has 126 valence electrons. The van der Waals surface area contributed by atoms with Gasteiger partial charge in [0.2, 0.25) is 0 Å². The Morgan fingerprint density at radius 2 is 2.04 bits per heavy atom. The molecule has 8 heteroatoms. The number of hydrogen-bond acceptors (Lipinski definition) is 7. The SMILES string of the molecule is Cc1nnc(CNc2nc(-c3ccccc3)nc3c2CCNC3=O)s1. The summed E-state index contributed by atoms with van der Waals surface area (Å²) < 4.78 is 0. The summed E-state index contributed by atoms with van der Waals surface area (Å²) >= 11 is 1.54. The molecule has 3 heterocycles. The van der Waals surface area contributed by atoms with Crippen molar-refractivity contribution in [2.45, 2.75) is 19.9 Å². The molecule has 0 atom stereocenters. The number of hydrogen-bond donors (Lipinski definition) is 2. The highest BCUT2D eigenvalue weighted by Gasteiger charge is 2.24. The number of aromatic nitrogens is 4. The maximum Gasteiger partial charge on any atom is 0.270 e. The topological polar surface area (TPSA) is 92.7 Å². The number of anilines is 1. The molecule has 2 aromatic heterocycles. The predicted octanol–water partition coefficient (Wildman–Crippen LogP) is 2.20. The molecule has 1 aliphatic heterocycles. The highest BCUT2D eigenvalue weighted by molar-refractivity contribution is 7.11. The zero-order valence-corrected chi connectivity index (χ0v) is 14.4. The van der Waals surface area contributed by atoms with E-state index in [-0.39, 0.29) is 5.91 Å². The fourth-order valence-corrected chi connectivity index (χ4v) is 3.37. The Balaban J connectivity index is 1.73. The van der Waals surface area contributed by atoms with E-state index < -0.39 is 0 Å². The van der Waals surface area contributed by atoms with E-state index in [0.717, 1.165) is 21.1 Å². The second-order valence-corrected chi connectivity index (χ2v) is 6.93. The number of nitrogens with one attached hydrogen (secondary N) is 2. The summed E-state index contributed by atoms with van der Waals surface area (Å²) in [7, 11) is 0. The first-order chi connectivity index (χ1) is 12.2. The standard InChI is InChI=1S/C17H16N6OS/c1-10-22-23-13(25-10)9-19-16-12-7-8-18-17(24)14(12)20-15(21-16)11-5-3-2-4-6-11/h2-6H,7-9H2,1H3,(H,18,24)(H,19,20,21). The maximum absolute atomic E-state index is 12.2. The highest BCUT2D eigenvalue weighted by Crippen LogP contribution is 2.25. The Morgan fingerprint density at radius 3 is 2.80 bits per heavy atom. The maximum atomic E-state index is 12.2. The summed E-state index contributed by atoms with van der Waals surface area (Å²) in [5.41, 5.74) is 2.17. The third-order valence-electron chi connectivity index (χ3n) is 3.89. The van der Waals surface area contributed by atoms with Gasteiger partial charge in [0.05, 0.1) is 6.54 Å². The first-order valence-corrected chi connectivity index (χ1v) is 8.80. The second-order valence-electron chi connectivity index (χ2n) is 5.66. The fraction of sp³-hybridized carbons (Fsp3) is 0.235. The van der Waals surface area contributed by atoms with Gasteiger partial charge in [-0.25, -0.2) is 9.97 Å². The molecule has 0 aliphatic carbocycles. The Labute approximate surface area is 148 Å². The van der Waals surface area contributed by atoms with Crippen LogP contribution in [-0.4, -0.2) is 32.6 Å². The third kappa shape index (κ3) is 3.20. The summed E-state index contributed by atoms with van der Waals surface area (Å²) in [6, 6.07) is 9.65. The smallest absolute Gasteiger partial charge is 0.270 e. The van der Waals surface area contributed by atoms with Crippen LogP contribution in [0.2, 0.25) is 0 Å². The number of benzene rings is 1. The monoisotopic (exact) mass is 352 g/mol. The third-order valence-corrected chi connectivity index (χ3v) is 4.73. The molecule has 0 unspecified atom stereocenters. The summed E-state index contributed by atoms with van der Waals surface area (Å²) in [5, 5.41) is 16.1. The molecule has 0 saturated carbocycles. The van der Waals surface area contributed by atoms with Crippen molar-refractivity contribution >= 4 is 23.1 Å². The van der Waals surface area contributed by atoms with Crippen LogP contribution in [0.15, 0.2) is 30.3 Å². The average molecular weight is 352 g/mol. The van der Waals surface area contributed by atoms with Gasteiger partial charge in [-0.3, -0.25) is 4.79 Å². The second kappa shape index (κ2) is 6.56. The first-order valence-electron chi connectivity index (χ1n) is 7.98. The Bertz CT molecular complexity index is 924. The van der Waals surface area contributed by atoms with Crippen LogP contribution in [0, 0.1) is 6.92 Å². The van der Waals surface area contributed by atoms with E-state index in [4.69, 9.17) is 0 Å². The Morgan fingerprint density at radius 1 is 1.20 bits per heavy atom. The van der Waals surface area contributed by atoms with Crippen LogP contribution < -0.4 is 10.6 Å². The molecule has 3 aromatic rings. The fourth-order valence-electron chi connectivity index (χ4n) is 2.72. The van der Waals surface area contributed by atoms with E-state index in [2.05, 4.69) is 30.8 Å². The van der Waals surface area contributed by atoms with Gasteiger partial charge < -0.3 is 10.6 Å². The zero-order valence-electron chi connectivity index (χ0n) is 13.6. The van der Waals surface area contributed by atoms with Crippen molar-refractivity contribution in [2.24, 2.45) is 0 Å². The van der Waals surface area contributed by atoms with Crippen molar-refractivity contribution in [3.8, 4) is 11.4 Å². The van der Waals surface area contributed by atoms with Crippen molar-refractivity contribution in [2.75, 3.05) is 11.9 Å². The molecule has 0 saturated heterocycles. The van der Waals surface area contributed by atoms with Gasteiger partial charge in [-0.1, -0.05) is 41.7 Å². The molecule has 1 aliphatic rings. The molecule has 1 amide bonds. The van der Waals surface area contributed by atoms with Gasteiger partial charge in [0.1, 0.15) is 21.5 Å². The molecule has 0 bridgehead atoms. The van der Waals surface area contributed by atoms with Crippen molar-refractivity contribution in [1.29, 1.82) is 0 Å². The van der Waals surface area contributed by atoms with Crippen molar-refractivity contribution in [3.05, 3.63) is 51.6 Å². The highest BCUT2D eigenvalue weighted by atomic mass is 32.1. The van der Waals surface area contributed by atoms with E-state index in [1.165, 1.54) is 11.3 Å². The van der Waals surface area contributed by atoms with Crippen LogP contribution in [0.3, 0.4) is 0 Å². The molecule has 1 aromatic carbocycles. The molecule has 7 nitrogen and oxygen atoms in total. The van der Waals surface area contributed by atoms with Crippen LogP contribution in [0.25, 0.3) is 11.4 Å². The van der Waals surface area contributed by atoms with Gasteiger partial charge in [0, 0.05) is 17.7 Å². The number of nitrogens with zero attached hydrogens (tertiary/aromatic N) is 4. The van der Waals surface area contributed by atoms with Crippen molar-refractivity contribution < 1.29 is 4.79 Å². The van der Waals surface area contributed by atoms with Crippen LogP contribution in [0.4, 0.5) is 5.82 Å². The van der Waals surface area contributed by atoms with Gasteiger partial charge >= 0.3 is 0 Å². The van der Waals surface area contributed by atoms with Gasteiger partial charge in [0.15, 0.2) is 5.82 Å². The summed E-state index contributed by atoms with van der Waals surface area (Å²) in [6.45, 7) is 3.03. The van der Waals surface area contributed by atoms with Crippen molar-refractivity contribution in [1.82, 2.24) is 25.5 Å². The summed E-state index contributed by atoms with van der Waals surface area (Å²) in [5.74, 6) is 1.06. The van der Waals surface area contributed by atoms with Crippen LogP contribution in [0.1, 0.15) is 26.1 Å². The van der Waals surface area contributed by atoms with Gasteiger partial charge in [0.25, 0.3) is 5.91 Å². The molecule has 2 N–H and O–H groups in total. The minimum atomic E-state index is -0.157. The van der Waals surface area contributed by atoms with E-state index in [1.54, 1.807) is 0 Å². The molecular weight excluding hydrogens is 336 g/mol. The van der Waals surface area contributed by atoms with Crippen molar-refractivity contribution in [3.63, 3.8) is 0 Å². The van der Waals surface area contributed by atoms with Crippen LogP contribution in [-0.2, 0) is 13.0 Å². The normalized spacial score (nSPS) is 13.2. The average Bonchev–Trinajstić information content (AvgIpc) is 3.06. The summed E-state index contributed by atoms with van der Waals surface area (Å²) in [4.78, 5) is 21.4. The number of rotatable bonds is 4. The molecule has 4 rings (SSSR count). The molecule has 25 heavy (non-hydrogen) atoms. The van der Waals surface area contributed by atoms with E-state index >= 15 is 0 Å². The molecule has 0 radical (unpaired) electrons. The van der Waals surface area contributed by atoms with Crippen LogP contribution in [0.5, 0.6) is 0 Å². The first kappa shape index (κ1) is 15.6. The van der Waals surface area contributed by atoms with Gasteiger partial charge in [-0.05, 0) is 13.3 Å².